The van der Waals surface area contributed by atoms with Gasteiger partial charge in [0, 0.05) is 18.9 Å². The van der Waals surface area contributed by atoms with Crippen molar-refractivity contribution in [3.05, 3.63) is 12.4 Å². The maximum atomic E-state index is 5.73. The summed E-state index contributed by atoms with van der Waals surface area (Å²) in [5, 5.41) is 3.29. The minimum absolute atomic E-state index is 0.386. The maximum absolute atomic E-state index is 5.73. The quantitative estimate of drug-likeness (QED) is 0.819. The molecule has 1 aliphatic carbocycles. The van der Waals surface area contributed by atoms with E-state index in [1.165, 1.54) is 0 Å². The molecule has 1 aromatic rings. The summed E-state index contributed by atoms with van der Waals surface area (Å²) in [7, 11) is 0. The first kappa shape index (κ1) is 11.2. The van der Waals surface area contributed by atoms with Gasteiger partial charge < -0.3 is 11.1 Å². The zero-order valence-corrected chi connectivity index (χ0v) is 10.4. The molecule has 0 radical (unpaired) electrons. The van der Waals surface area contributed by atoms with Gasteiger partial charge in [-0.1, -0.05) is 27.7 Å². The molecule has 0 bridgehead atoms. The Morgan fingerprint density at radius 2 is 1.75 bits per heavy atom. The molecule has 0 aliphatic heterocycles. The topological polar surface area (TPSA) is 63.8 Å². The minimum Gasteiger partial charge on any atom is -0.381 e. The van der Waals surface area contributed by atoms with Crippen LogP contribution in [0.15, 0.2) is 12.4 Å². The SMILES string of the molecule is CC1(C)C(CNc2nccnc2N)C1(C)C. The Morgan fingerprint density at radius 3 is 2.25 bits per heavy atom. The summed E-state index contributed by atoms with van der Waals surface area (Å²) in [5.41, 5.74) is 6.50. The van der Waals surface area contributed by atoms with E-state index in [4.69, 9.17) is 5.73 Å². The largest absolute Gasteiger partial charge is 0.381 e. The Bertz CT molecular complexity index is 384. The predicted octanol–water partition coefficient (Wildman–Crippen LogP) is 2.15. The van der Waals surface area contributed by atoms with Gasteiger partial charge in [-0.05, 0) is 16.7 Å². The molecule has 1 aliphatic rings. The van der Waals surface area contributed by atoms with Crippen molar-refractivity contribution in [1.29, 1.82) is 0 Å². The van der Waals surface area contributed by atoms with Crippen LogP contribution in [-0.4, -0.2) is 16.5 Å². The Morgan fingerprint density at radius 1 is 1.19 bits per heavy atom. The fraction of sp³-hybridized carbons (Fsp3) is 0.667. The highest BCUT2D eigenvalue weighted by molar-refractivity contribution is 5.55. The summed E-state index contributed by atoms with van der Waals surface area (Å²) in [6, 6.07) is 0. The number of anilines is 2. The average Bonchev–Trinajstić information content (AvgIpc) is 2.58. The predicted molar refractivity (Wildman–Crippen MR) is 66.0 cm³/mol. The van der Waals surface area contributed by atoms with Crippen molar-refractivity contribution in [2.24, 2.45) is 16.7 Å². The summed E-state index contributed by atoms with van der Waals surface area (Å²) in [5.74, 6) is 1.82. The first-order valence-corrected chi connectivity index (χ1v) is 5.67. The van der Waals surface area contributed by atoms with Crippen molar-refractivity contribution in [2.45, 2.75) is 27.7 Å². The van der Waals surface area contributed by atoms with E-state index >= 15 is 0 Å². The zero-order valence-electron chi connectivity index (χ0n) is 10.4. The van der Waals surface area contributed by atoms with E-state index in [9.17, 15) is 0 Å². The molecule has 1 saturated carbocycles. The molecule has 4 heteroatoms. The molecule has 2 rings (SSSR count). The molecule has 0 amide bonds. The smallest absolute Gasteiger partial charge is 0.168 e. The molecule has 1 aromatic heterocycles. The van der Waals surface area contributed by atoms with Crippen molar-refractivity contribution in [3.63, 3.8) is 0 Å². The highest BCUT2D eigenvalue weighted by Crippen LogP contribution is 2.68. The van der Waals surface area contributed by atoms with Gasteiger partial charge in [0.1, 0.15) is 0 Å². The average molecular weight is 220 g/mol. The number of nitrogens with zero attached hydrogens (tertiary/aromatic N) is 2. The van der Waals surface area contributed by atoms with Crippen LogP contribution in [-0.2, 0) is 0 Å². The van der Waals surface area contributed by atoms with Crippen LogP contribution in [0.5, 0.6) is 0 Å². The molecule has 1 heterocycles. The van der Waals surface area contributed by atoms with E-state index in [0.717, 1.165) is 6.54 Å². The van der Waals surface area contributed by atoms with Crippen LogP contribution in [0.3, 0.4) is 0 Å². The highest BCUT2D eigenvalue weighted by Gasteiger charge is 2.64. The van der Waals surface area contributed by atoms with Gasteiger partial charge in [0.25, 0.3) is 0 Å². The van der Waals surface area contributed by atoms with Crippen LogP contribution in [0.4, 0.5) is 11.6 Å². The molecular weight excluding hydrogens is 200 g/mol. The molecular formula is C12H20N4. The van der Waals surface area contributed by atoms with Crippen molar-refractivity contribution >= 4 is 11.6 Å². The Hall–Kier alpha value is -1.32. The Kier molecular flexibility index (Phi) is 2.33. The molecule has 1 fully saturated rings. The van der Waals surface area contributed by atoms with Crippen molar-refractivity contribution in [3.8, 4) is 0 Å². The molecule has 0 aromatic carbocycles. The number of rotatable bonds is 3. The van der Waals surface area contributed by atoms with Gasteiger partial charge >= 0.3 is 0 Å². The third-order valence-electron chi connectivity index (χ3n) is 4.52. The fourth-order valence-corrected chi connectivity index (χ4v) is 2.53. The lowest BCUT2D eigenvalue weighted by Crippen LogP contribution is -2.11. The second-order valence-electron chi connectivity index (χ2n) is 5.67. The molecule has 4 nitrogen and oxygen atoms in total. The summed E-state index contributed by atoms with van der Waals surface area (Å²) >= 11 is 0. The Balaban J connectivity index is 1.98. The van der Waals surface area contributed by atoms with Gasteiger partial charge in [0.15, 0.2) is 11.6 Å². The van der Waals surface area contributed by atoms with Crippen LogP contribution < -0.4 is 11.1 Å². The molecule has 0 spiro atoms. The molecule has 88 valence electrons. The number of nitrogen functional groups attached to an aromatic ring is 1. The van der Waals surface area contributed by atoms with Crippen LogP contribution in [0, 0.1) is 16.7 Å². The summed E-state index contributed by atoms with van der Waals surface area (Å²) < 4.78 is 0. The van der Waals surface area contributed by atoms with Crippen molar-refractivity contribution in [2.75, 3.05) is 17.6 Å². The third-order valence-corrected chi connectivity index (χ3v) is 4.52. The Labute approximate surface area is 96.7 Å². The van der Waals surface area contributed by atoms with E-state index in [-0.39, 0.29) is 0 Å². The van der Waals surface area contributed by atoms with Crippen LogP contribution >= 0.6 is 0 Å². The first-order chi connectivity index (χ1) is 7.37. The first-order valence-electron chi connectivity index (χ1n) is 5.67. The monoisotopic (exact) mass is 220 g/mol. The second-order valence-corrected chi connectivity index (χ2v) is 5.67. The van der Waals surface area contributed by atoms with Crippen molar-refractivity contribution in [1.82, 2.24) is 9.97 Å². The van der Waals surface area contributed by atoms with Gasteiger partial charge in [0.2, 0.25) is 0 Å². The summed E-state index contributed by atoms with van der Waals surface area (Å²) in [4.78, 5) is 8.18. The number of hydrogen-bond donors (Lipinski definition) is 2. The fourth-order valence-electron chi connectivity index (χ4n) is 2.53. The number of hydrogen-bond acceptors (Lipinski definition) is 4. The van der Waals surface area contributed by atoms with Crippen LogP contribution in [0.1, 0.15) is 27.7 Å². The van der Waals surface area contributed by atoms with Gasteiger partial charge in [0.05, 0.1) is 0 Å². The van der Waals surface area contributed by atoms with Gasteiger partial charge in [-0.3, -0.25) is 0 Å². The molecule has 0 unspecified atom stereocenters. The normalized spacial score (nSPS) is 21.8. The lowest BCUT2D eigenvalue weighted by Gasteiger charge is -2.07. The van der Waals surface area contributed by atoms with E-state index in [0.29, 0.717) is 28.4 Å². The second kappa shape index (κ2) is 3.34. The van der Waals surface area contributed by atoms with Crippen molar-refractivity contribution < 1.29 is 0 Å². The number of aromatic nitrogens is 2. The lowest BCUT2D eigenvalue weighted by molar-refractivity contribution is 0.457. The van der Waals surface area contributed by atoms with Gasteiger partial charge in [-0.15, -0.1) is 0 Å². The van der Waals surface area contributed by atoms with E-state index < -0.39 is 0 Å². The third kappa shape index (κ3) is 1.52. The summed E-state index contributed by atoms with van der Waals surface area (Å²) in [6.07, 6.45) is 3.26. The van der Waals surface area contributed by atoms with Crippen LogP contribution in [0.2, 0.25) is 0 Å². The summed E-state index contributed by atoms with van der Waals surface area (Å²) in [6.45, 7) is 10.1. The standard InChI is InChI=1S/C12H20N4/c1-11(2)8(12(11,3)4)7-16-10-9(13)14-5-6-15-10/h5-6,8H,7H2,1-4H3,(H2,13,14)(H,15,16). The minimum atomic E-state index is 0.386. The molecule has 16 heavy (non-hydrogen) atoms. The number of nitrogens with one attached hydrogen (secondary N) is 1. The molecule has 3 N–H and O–H groups in total. The zero-order chi connectivity index (χ0) is 12.0. The van der Waals surface area contributed by atoms with Gasteiger partial charge in [-0.25, -0.2) is 9.97 Å². The number of nitrogens with two attached hydrogens (primary N) is 1. The van der Waals surface area contributed by atoms with E-state index in [1.54, 1.807) is 12.4 Å². The molecule has 0 atom stereocenters. The van der Waals surface area contributed by atoms with E-state index in [2.05, 4.69) is 43.0 Å². The highest BCUT2D eigenvalue weighted by atomic mass is 15.1. The maximum Gasteiger partial charge on any atom is 0.168 e. The molecule has 0 saturated heterocycles. The lowest BCUT2D eigenvalue weighted by atomic mass is 10.0. The van der Waals surface area contributed by atoms with Crippen LogP contribution in [0.25, 0.3) is 0 Å². The van der Waals surface area contributed by atoms with E-state index in [1.807, 2.05) is 0 Å². The van der Waals surface area contributed by atoms with Gasteiger partial charge in [-0.2, -0.15) is 0 Å².